The van der Waals surface area contributed by atoms with Crippen molar-refractivity contribution in [2.24, 2.45) is 0 Å². The summed E-state index contributed by atoms with van der Waals surface area (Å²) in [5.74, 6) is 0. The Morgan fingerprint density at radius 1 is 1.12 bits per heavy atom. The number of rotatable bonds is 2. The smallest absolute Gasteiger partial charge is 0.321 e. The van der Waals surface area contributed by atoms with Crippen LogP contribution in [0.4, 0.5) is 16.2 Å². The summed E-state index contributed by atoms with van der Waals surface area (Å²) in [4.78, 5) is 16.5. The zero-order valence-corrected chi connectivity index (χ0v) is 15.6. The number of benzene rings is 2. The molecule has 1 aliphatic rings. The van der Waals surface area contributed by atoms with Crippen molar-refractivity contribution < 1.29 is 4.79 Å². The van der Waals surface area contributed by atoms with Crippen LogP contribution in [-0.4, -0.2) is 37.1 Å². The van der Waals surface area contributed by atoms with Gasteiger partial charge >= 0.3 is 6.03 Å². The van der Waals surface area contributed by atoms with E-state index in [0.717, 1.165) is 34.5 Å². The van der Waals surface area contributed by atoms with Crippen molar-refractivity contribution in [2.45, 2.75) is 6.92 Å². The van der Waals surface area contributed by atoms with Gasteiger partial charge in [0, 0.05) is 42.0 Å². The van der Waals surface area contributed by atoms with Crippen LogP contribution in [0.3, 0.4) is 0 Å². The first-order chi connectivity index (χ1) is 12.1. The molecule has 0 atom stereocenters. The lowest BCUT2D eigenvalue weighted by atomic mass is 10.2. The summed E-state index contributed by atoms with van der Waals surface area (Å²) in [7, 11) is 0. The Labute approximate surface area is 156 Å². The van der Waals surface area contributed by atoms with Crippen molar-refractivity contribution >= 4 is 33.3 Å². The largest absolute Gasteiger partial charge is 0.368 e. The van der Waals surface area contributed by atoms with Crippen molar-refractivity contribution in [3.63, 3.8) is 0 Å². The number of anilines is 2. The number of hydrogen-bond acceptors (Lipinski definition) is 3. The summed E-state index contributed by atoms with van der Waals surface area (Å²) in [6, 6.07) is 15.4. The third-order valence-corrected chi connectivity index (χ3v) is 4.85. The second kappa shape index (κ2) is 7.58. The molecule has 2 aromatic rings. The summed E-state index contributed by atoms with van der Waals surface area (Å²) in [6.07, 6.45) is 0. The van der Waals surface area contributed by atoms with Crippen molar-refractivity contribution in [1.29, 1.82) is 5.26 Å². The van der Waals surface area contributed by atoms with Crippen LogP contribution in [-0.2, 0) is 0 Å². The van der Waals surface area contributed by atoms with E-state index in [4.69, 9.17) is 5.26 Å². The maximum absolute atomic E-state index is 12.5. The number of halogens is 1. The number of piperazine rings is 1. The molecular weight excluding hydrogens is 380 g/mol. The van der Waals surface area contributed by atoms with Crippen molar-refractivity contribution in [1.82, 2.24) is 4.90 Å². The minimum atomic E-state index is -0.0649. The number of carbonyl (C=O) groups excluding carboxylic acids is 1. The Morgan fingerprint density at radius 3 is 2.40 bits per heavy atom. The third kappa shape index (κ3) is 4.12. The zero-order valence-electron chi connectivity index (χ0n) is 14.0. The molecule has 1 fully saturated rings. The maximum atomic E-state index is 12.5. The molecule has 0 radical (unpaired) electrons. The van der Waals surface area contributed by atoms with Crippen molar-refractivity contribution in [2.75, 3.05) is 36.4 Å². The second-order valence-electron chi connectivity index (χ2n) is 6.02. The Balaban J connectivity index is 1.57. The normalized spacial score (nSPS) is 14.1. The summed E-state index contributed by atoms with van der Waals surface area (Å²) < 4.78 is 0.999. The molecule has 128 valence electrons. The lowest BCUT2D eigenvalue weighted by Crippen LogP contribution is -2.50. The summed E-state index contributed by atoms with van der Waals surface area (Å²) in [5.41, 5.74) is 3.61. The number of urea groups is 1. The fourth-order valence-electron chi connectivity index (χ4n) is 2.88. The van der Waals surface area contributed by atoms with Crippen LogP contribution in [0.15, 0.2) is 46.9 Å². The van der Waals surface area contributed by atoms with Gasteiger partial charge in [0.25, 0.3) is 0 Å². The topological polar surface area (TPSA) is 59.4 Å². The van der Waals surface area contributed by atoms with Crippen LogP contribution >= 0.6 is 15.9 Å². The van der Waals surface area contributed by atoms with Crippen LogP contribution in [0.1, 0.15) is 11.1 Å². The molecule has 25 heavy (non-hydrogen) atoms. The standard InChI is InChI=1S/C19H19BrN4O/c1-14-12-16(20)4-7-18(14)22-19(25)24-10-8-23(9-11-24)17-5-2-15(13-21)3-6-17/h2-7,12H,8-11H2,1H3,(H,22,25). The van der Waals surface area contributed by atoms with Crippen LogP contribution in [0.2, 0.25) is 0 Å². The van der Waals surface area contributed by atoms with Crippen LogP contribution in [0, 0.1) is 18.3 Å². The molecule has 0 aliphatic carbocycles. The summed E-state index contributed by atoms with van der Waals surface area (Å²) >= 11 is 3.43. The van der Waals surface area contributed by atoms with Gasteiger partial charge in [-0.3, -0.25) is 0 Å². The first-order valence-corrected chi connectivity index (χ1v) is 8.93. The molecule has 0 bridgehead atoms. The molecule has 2 aromatic carbocycles. The number of aryl methyl sites for hydroxylation is 1. The Kier molecular flexibility index (Phi) is 5.25. The lowest BCUT2D eigenvalue weighted by molar-refractivity contribution is 0.208. The highest BCUT2D eigenvalue weighted by atomic mass is 79.9. The predicted octanol–water partition coefficient (Wildman–Crippen LogP) is 3.98. The van der Waals surface area contributed by atoms with Gasteiger partial charge in [0.2, 0.25) is 0 Å². The van der Waals surface area contributed by atoms with E-state index in [1.165, 1.54) is 0 Å². The highest BCUT2D eigenvalue weighted by molar-refractivity contribution is 9.10. The number of nitrogens with zero attached hydrogens (tertiary/aromatic N) is 3. The molecule has 0 aromatic heterocycles. The maximum Gasteiger partial charge on any atom is 0.321 e. The third-order valence-electron chi connectivity index (χ3n) is 4.36. The molecule has 0 spiro atoms. The number of amides is 2. The van der Waals surface area contributed by atoms with Crippen LogP contribution in [0.5, 0.6) is 0 Å². The van der Waals surface area contributed by atoms with E-state index in [1.807, 2.05) is 54.3 Å². The van der Waals surface area contributed by atoms with E-state index < -0.39 is 0 Å². The van der Waals surface area contributed by atoms with Gasteiger partial charge in [-0.2, -0.15) is 5.26 Å². The predicted molar refractivity (Wildman–Crippen MR) is 103 cm³/mol. The van der Waals surface area contributed by atoms with E-state index in [2.05, 4.69) is 32.2 Å². The highest BCUT2D eigenvalue weighted by Crippen LogP contribution is 2.21. The second-order valence-corrected chi connectivity index (χ2v) is 6.94. The lowest BCUT2D eigenvalue weighted by Gasteiger charge is -2.36. The molecule has 1 heterocycles. The first kappa shape index (κ1) is 17.3. The van der Waals surface area contributed by atoms with E-state index in [-0.39, 0.29) is 6.03 Å². The number of hydrogen-bond donors (Lipinski definition) is 1. The SMILES string of the molecule is Cc1cc(Br)ccc1NC(=O)N1CCN(c2ccc(C#N)cc2)CC1. The number of carbonyl (C=O) groups is 1. The Bertz CT molecular complexity index is 805. The van der Waals surface area contributed by atoms with E-state index in [1.54, 1.807) is 0 Å². The minimum absolute atomic E-state index is 0.0649. The fraction of sp³-hybridized carbons (Fsp3) is 0.263. The molecular formula is C19H19BrN4O. The number of nitrogens with one attached hydrogen (secondary N) is 1. The fourth-order valence-corrected chi connectivity index (χ4v) is 3.35. The van der Waals surface area contributed by atoms with Gasteiger partial charge in [-0.05, 0) is 55.0 Å². The average Bonchev–Trinajstić information content (AvgIpc) is 2.64. The minimum Gasteiger partial charge on any atom is -0.368 e. The van der Waals surface area contributed by atoms with Gasteiger partial charge in [0.05, 0.1) is 11.6 Å². The van der Waals surface area contributed by atoms with Crippen LogP contribution in [0.25, 0.3) is 0 Å². The van der Waals surface area contributed by atoms with E-state index in [9.17, 15) is 4.79 Å². The number of nitriles is 1. The molecule has 0 saturated carbocycles. The molecule has 0 unspecified atom stereocenters. The molecule has 1 aliphatic heterocycles. The van der Waals surface area contributed by atoms with Gasteiger partial charge in [0.15, 0.2) is 0 Å². The van der Waals surface area contributed by atoms with Gasteiger partial charge in [-0.1, -0.05) is 15.9 Å². The molecule has 3 rings (SSSR count). The van der Waals surface area contributed by atoms with E-state index >= 15 is 0 Å². The van der Waals surface area contributed by atoms with Gasteiger partial charge < -0.3 is 15.1 Å². The molecule has 2 amide bonds. The van der Waals surface area contributed by atoms with Gasteiger partial charge in [0.1, 0.15) is 0 Å². The zero-order chi connectivity index (χ0) is 17.8. The van der Waals surface area contributed by atoms with Gasteiger partial charge in [-0.25, -0.2) is 4.79 Å². The summed E-state index contributed by atoms with van der Waals surface area (Å²) in [6.45, 7) is 4.86. The highest BCUT2D eigenvalue weighted by Gasteiger charge is 2.21. The average molecular weight is 399 g/mol. The molecule has 1 saturated heterocycles. The van der Waals surface area contributed by atoms with E-state index in [0.29, 0.717) is 18.7 Å². The Morgan fingerprint density at radius 2 is 1.80 bits per heavy atom. The monoisotopic (exact) mass is 398 g/mol. The first-order valence-electron chi connectivity index (χ1n) is 8.14. The van der Waals surface area contributed by atoms with Crippen molar-refractivity contribution in [3.8, 4) is 6.07 Å². The van der Waals surface area contributed by atoms with Gasteiger partial charge in [-0.15, -0.1) is 0 Å². The quantitative estimate of drug-likeness (QED) is 0.831. The molecule has 6 heteroatoms. The van der Waals surface area contributed by atoms with Crippen molar-refractivity contribution in [3.05, 3.63) is 58.1 Å². The summed E-state index contributed by atoms with van der Waals surface area (Å²) in [5, 5.41) is 11.9. The van der Waals surface area contributed by atoms with Crippen LogP contribution < -0.4 is 10.2 Å². The molecule has 1 N–H and O–H groups in total. The Hall–Kier alpha value is -2.52. The molecule has 5 nitrogen and oxygen atoms in total.